The van der Waals surface area contributed by atoms with Gasteiger partial charge in [0.25, 0.3) is 0 Å². The Labute approximate surface area is 109 Å². The van der Waals surface area contributed by atoms with Crippen molar-refractivity contribution in [1.29, 1.82) is 0 Å². The third-order valence-corrected chi connectivity index (χ3v) is 3.67. The van der Waals surface area contributed by atoms with Gasteiger partial charge in [0.1, 0.15) is 0 Å². The van der Waals surface area contributed by atoms with Gasteiger partial charge in [0, 0.05) is 13.1 Å². The number of nitrogens with one attached hydrogen (secondary N) is 1. The first-order valence-electron chi connectivity index (χ1n) is 6.79. The van der Waals surface area contributed by atoms with E-state index in [0.717, 1.165) is 32.5 Å². The van der Waals surface area contributed by atoms with Crippen LogP contribution in [0, 0.1) is 6.92 Å². The molecule has 1 heterocycles. The minimum atomic E-state index is 0.0361. The van der Waals surface area contributed by atoms with Gasteiger partial charge in [0.15, 0.2) is 0 Å². The zero-order valence-corrected chi connectivity index (χ0v) is 11.3. The Morgan fingerprint density at radius 1 is 1.44 bits per heavy atom. The monoisotopic (exact) mass is 246 g/mol. The van der Waals surface area contributed by atoms with E-state index < -0.39 is 0 Å². The molecule has 98 valence electrons. The number of rotatable bonds is 4. The summed E-state index contributed by atoms with van der Waals surface area (Å²) in [5.74, 6) is 0.248. The zero-order chi connectivity index (χ0) is 13.0. The number of amides is 1. The van der Waals surface area contributed by atoms with Crippen molar-refractivity contribution in [2.45, 2.75) is 39.3 Å². The number of hydrogen-bond donors (Lipinski definition) is 1. The van der Waals surface area contributed by atoms with Crippen LogP contribution in [0.1, 0.15) is 30.9 Å². The lowest BCUT2D eigenvalue weighted by atomic mass is 10.1. The third-order valence-electron chi connectivity index (χ3n) is 3.67. The standard InChI is InChI=1S/C15H22N2O/c1-3-17(15(18)14-9-6-10-16-14)11-13-8-5-4-7-12(13)2/h4-5,7-8,14,16H,3,6,9-11H2,1-2H3/t14-/m0/s1. The second kappa shape index (κ2) is 6.01. The lowest BCUT2D eigenvalue weighted by Gasteiger charge is -2.25. The minimum absolute atomic E-state index is 0.0361. The summed E-state index contributed by atoms with van der Waals surface area (Å²) in [6.07, 6.45) is 2.08. The molecule has 1 fully saturated rings. The fourth-order valence-corrected chi connectivity index (χ4v) is 2.45. The van der Waals surface area contributed by atoms with Crippen molar-refractivity contribution >= 4 is 5.91 Å². The van der Waals surface area contributed by atoms with Crippen LogP contribution in [0.4, 0.5) is 0 Å². The molecule has 3 nitrogen and oxygen atoms in total. The van der Waals surface area contributed by atoms with E-state index in [2.05, 4.69) is 24.4 Å². The van der Waals surface area contributed by atoms with E-state index in [0.29, 0.717) is 0 Å². The molecular weight excluding hydrogens is 224 g/mol. The van der Waals surface area contributed by atoms with Crippen molar-refractivity contribution in [1.82, 2.24) is 10.2 Å². The average molecular weight is 246 g/mol. The second-order valence-corrected chi connectivity index (χ2v) is 4.93. The van der Waals surface area contributed by atoms with Crippen LogP contribution in [0.5, 0.6) is 0 Å². The summed E-state index contributed by atoms with van der Waals surface area (Å²) in [7, 11) is 0. The van der Waals surface area contributed by atoms with E-state index in [4.69, 9.17) is 0 Å². The summed E-state index contributed by atoms with van der Waals surface area (Å²) >= 11 is 0. The molecule has 1 amide bonds. The van der Waals surface area contributed by atoms with Crippen molar-refractivity contribution in [3.8, 4) is 0 Å². The van der Waals surface area contributed by atoms with Crippen molar-refractivity contribution in [2.75, 3.05) is 13.1 Å². The molecule has 0 aliphatic carbocycles. The van der Waals surface area contributed by atoms with Crippen molar-refractivity contribution < 1.29 is 4.79 Å². The number of carbonyl (C=O) groups excluding carboxylic acids is 1. The minimum Gasteiger partial charge on any atom is -0.337 e. The molecular formula is C15H22N2O. The average Bonchev–Trinajstić information content (AvgIpc) is 2.91. The summed E-state index contributed by atoms with van der Waals surface area (Å²) in [5.41, 5.74) is 2.49. The fraction of sp³-hybridized carbons (Fsp3) is 0.533. The Hall–Kier alpha value is -1.35. The molecule has 0 unspecified atom stereocenters. The van der Waals surface area contributed by atoms with E-state index in [-0.39, 0.29) is 11.9 Å². The molecule has 1 aromatic rings. The number of aryl methyl sites for hydroxylation is 1. The first-order valence-corrected chi connectivity index (χ1v) is 6.79. The van der Waals surface area contributed by atoms with Gasteiger partial charge in [-0.05, 0) is 44.4 Å². The molecule has 1 aliphatic rings. The van der Waals surface area contributed by atoms with Crippen LogP contribution in [0.3, 0.4) is 0 Å². The normalized spacial score (nSPS) is 18.9. The van der Waals surface area contributed by atoms with Gasteiger partial charge in [-0.15, -0.1) is 0 Å². The predicted molar refractivity (Wildman–Crippen MR) is 73.3 cm³/mol. The summed E-state index contributed by atoms with van der Waals surface area (Å²) in [4.78, 5) is 14.3. The second-order valence-electron chi connectivity index (χ2n) is 4.93. The van der Waals surface area contributed by atoms with Crippen LogP contribution in [-0.4, -0.2) is 29.9 Å². The van der Waals surface area contributed by atoms with Gasteiger partial charge >= 0.3 is 0 Å². The Kier molecular flexibility index (Phi) is 4.37. The molecule has 0 radical (unpaired) electrons. The maximum atomic E-state index is 12.4. The van der Waals surface area contributed by atoms with Gasteiger partial charge in [-0.25, -0.2) is 0 Å². The van der Waals surface area contributed by atoms with Crippen LogP contribution >= 0.6 is 0 Å². The molecule has 1 atom stereocenters. The number of benzene rings is 1. The Morgan fingerprint density at radius 3 is 2.83 bits per heavy atom. The molecule has 0 saturated carbocycles. The Morgan fingerprint density at radius 2 is 2.22 bits per heavy atom. The first kappa shape index (κ1) is 13.1. The van der Waals surface area contributed by atoms with E-state index in [9.17, 15) is 4.79 Å². The molecule has 1 saturated heterocycles. The predicted octanol–water partition coefficient (Wildman–Crippen LogP) is 2.10. The number of likely N-dealkylation sites (N-methyl/N-ethyl adjacent to an activating group) is 1. The van der Waals surface area contributed by atoms with Crippen LogP contribution in [0.15, 0.2) is 24.3 Å². The quantitative estimate of drug-likeness (QED) is 0.882. The van der Waals surface area contributed by atoms with Gasteiger partial charge in [-0.1, -0.05) is 24.3 Å². The first-order chi connectivity index (χ1) is 8.72. The maximum absolute atomic E-state index is 12.4. The Balaban J connectivity index is 2.05. The third kappa shape index (κ3) is 2.91. The van der Waals surface area contributed by atoms with Crippen LogP contribution < -0.4 is 5.32 Å². The summed E-state index contributed by atoms with van der Waals surface area (Å²) in [6.45, 7) is 6.61. The smallest absolute Gasteiger partial charge is 0.239 e. The topological polar surface area (TPSA) is 32.3 Å². The van der Waals surface area contributed by atoms with Gasteiger partial charge in [0.2, 0.25) is 5.91 Å². The van der Waals surface area contributed by atoms with Crippen molar-refractivity contribution in [3.63, 3.8) is 0 Å². The maximum Gasteiger partial charge on any atom is 0.239 e. The van der Waals surface area contributed by atoms with Crippen LogP contribution in [0.2, 0.25) is 0 Å². The van der Waals surface area contributed by atoms with Gasteiger partial charge in [0.05, 0.1) is 6.04 Å². The van der Waals surface area contributed by atoms with E-state index in [1.165, 1.54) is 11.1 Å². The molecule has 0 aromatic heterocycles. The van der Waals surface area contributed by atoms with Gasteiger partial charge in [-0.3, -0.25) is 4.79 Å². The zero-order valence-electron chi connectivity index (χ0n) is 11.3. The summed E-state index contributed by atoms with van der Waals surface area (Å²) < 4.78 is 0. The summed E-state index contributed by atoms with van der Waals surface area (Å²) in [6, 6.07) is 8.31. The van der Waals surface area contributed by atoms with Gasteiger partial charge < -0.3 is 10.2 Å². The van der Waals surface area contributed by atoms with Crippen molar-refractivity contribution in [3.05, 3.63) is 35.4 Å². The number of carbonyl (C=O) groups is 1. The van der Waals surface area contributed by atoms with Crippen molar-refractivity contribution in [2.24, 2.45) is 0 Å². The number of nitrogens with zero attached hydrogens (tertiary/aromatic N) is 1. The molecule has 2 rings (SSSR count). The summed E-state index contributed by atoms with van der Waals surface area (Å²) in [5, 5.41) is 3.28. The number of hydrogen-bond acceptors (Lipinski definition) is 2. The fourth-order valence-electron chi connectivity index (χ4n) is 2.45. The molecule has 1 aliphatic heterocycles. The van der Waals surface area contributed by atoms with E-state index >= 15 is 0 Å². The highest BCUT2D eigenvalue weighted by Gasteiger charge is 2.26. The van der Waals surface area contributed by atoms with Crippen LogP contribution in [0.25, 0.3) is 0 Å². The molecule has 0 bridgehead atoms. The molecule has 3 heteroatoms. The molecule has 1 N–H and O–H groups in total. The Bertz CT molecular complexity index is 411. The lowest BCUT2D eigenvalue weighted by molar-refractivity contribution is -0.133. The SMILES string of the molecule is CCN(Cc1ccccc1C)C(=O)[C@@H]1CCCN1. The lowest BCUT2D eigenvalue weighted by Crippen LogP contribution is -2.43. The highest BCUT2D eigenvalue weighted by molar-refractivity contribution is 5.82. The molecule has 18 heavy (non-hydrogen) atoms. The largest absolute Gasteiger partial charge is 0.337 e. The van der Waals surface area contributed by atoms with Crippen LogP contribution in [-0.2, 0) is 11.3 Å². The molecule has 1 aromatic carbocycles. The highest BCUT2D eigenvalue weighted by atomic mass is 16.2. The van der Waals surface area contributed by atoms with E-state index in [1.807, 2.05) is 24.0 Å². The molecule has 0 spiro atoms. The van der Waals surface area contributed by atoms with E-state index in [1.54, 1.807) is 0 Å². The van der Waals surface area contributed by atoms with Gasteiger partial charge in [-0.2, -0.15) is 0 Å². The highest BCUT2D eigenvalue weighted by Crippen LogP contribution is 2.14.